The molecule has 0 spiro atoms. The lowest BCUT2D eigenvalue weighted by molar-refractivity contribution is -0.297. The zero-order valence-electron chi connectivity index (χ0n) is 84.8. The van der Waals surface area contributed by atoms with Crippen molar-refractivity contribution in [1.82, 2.24) is 0 Å². The molecule has 0 saturated heterocycles. The molecule has 128 heavy (non-hydrogen) atoms. The highest BCUT2D eigenvalue weighted by molar-refractivity contribution is 4.82. The molecule has 1 unspecified atom stereocenters. The van der Waals surface area contributed by atoms with E-state index in [0.717, 1.165) is 51.4 Å². The summed E-state index contributed by atoms with van der Waals surface area (Å²) in [5.74, 6) is -14.0. The zero-order chi connectivity index (χ0) is 109. The Hall–Kier alpha value is -2.73. The summed E-state index contributed by atoms with van der Waals surface area (Å²) in [6.07, 6.45) is -49.2. The molecule has 0 fully saturated rings. The van der Waals surface area contributed by atoms with Gasteiger partial charge >= 0.3 is 80.3 Å². The predicted octanol–water partition coefficient (Wildman–Crippen LogP) is 42.7. The van der Waals surface area contributed by atoms with Crippen LogP contribution in [0.1, 0.15) is 406 Å². The number of unbranched alkanes of at least 4 members (excludes halogenated alkanes) is 5. The lowest BCUT2D eigenvalue weighted by atomic mass is 9.81. The number of hydrogen-bond donors (Lipinski definition) is 0. The van der Waals surface area contributed by atoms with Crippen LogP contribution >= 0.6 is 0 Å². The highest BCUT2D eigenvalue weighted by Gasteiger charge is 2.59. The molecule has 0 amide bonds. The zero-order valence-corrected chi connectivity index (χ0v) is 81.8. The van der Waals surface area contributed by atoms with Crippen LogP contribution in [0.2, 0.25) is 0 Å². The van der Waals surface area contributed by atoms with Crippen LogP contribution in [0.25, 0.3) is 0 Å². The Labute approximate surface area is 748 Å². The Morgan fingerprint density at radius 3 is 0.781 bits per heavy atom. The summed E-state index contributed by atoms with van der Waals surface area (Å²) in [6, 6.07) is 0. The summed E-state index contributed by atoms with van der Waals surface area (Å²) in [5, 5.41) is 0. The third kappa shape index (κ3) is 112. The summed E-state index contributed by atoms with van der Waals surface area (Å²) in [6.45, 7) is 53.4. The van der Waals surface area contributed by atoms with E-state index in [4.69, 9.17) is 4.11 Å². The molecule has 0 heterocycles. The third-order valence-electron chi connectivity index (χ3n) is 20.1. The molecule has 0 saturated carbocycles. The highest BCUT2D eigenvalue weighted by atomic mass is 19.5. The van der Waals surface area contributed by atoms with E-state index in [0.29, 0.717) is 56.8 Å². The van der Waals surface area contributed by atoms with Crippen molar-refractivity contribution in [3.8, 4) is 0 Å². The van der Waals surface area contributed by atoms with Gasteiger partial charge in [-0.1, -0.05) is 344 Å². The van der Waals surface area contributed by atoms with E-state index in [9.17, 15) is 171 Å². The largest absolute Gasteiger partial charge is 0.400 e. The molecule has 0 nitrogen and oxygen atoms in total. The average Bonchev–Trinajstić information content (AvgIpc) is 0.822. The van der Waals surface area contributed by atoms with Gasteiger partial charge in [0, 0.05) is 29.8 Å². The fourth-order valence-electron chi connectivity index (χ4n) is 8.82. The van der Waals surface area contributed by atoms with Crippen LogP contribution in [0.3, 0.4) is 0 Å². The summed E-state index contributed by atoms with van der Waals surface area (Å²) in [5.41, 5.74) is -2.13. The van der Waals surface area contributed by atoms with Gasteiger partial charge in [0.15, 0.2) is 17.8 Å². The second-order valence-electron chi connectivity index (χ2n) is 36.1. The van der Waals surface area contributed by atoms with Gasteiger partial charge in [0.25, 0.3) is 0 Å². The van der Waals surface area contributed by atoms with Gasteiger partial charge in [0.1, 0.15) is 0 Å². The van der Waals surface area contributed by atoms with E-state index in [1.807, 2.05) is 27.7 Å². The van der Waals surface area contributed by atoms with Crippen LogP contribution in [0.5, 0.6) is 0 Å². The van der Waals surface area contributed by atoms with Crippen molar-refractivity contribution in [2.45, 2.75) is 482 Å². The Morgan fingerprint density at radius 1 is 0.281 bits per heavy atom. The molecule has 0 radical (unpaired) electrons. The maximum absolute atomic E-state index is 12.1. The quantitative estimate of drug-likeness (QED) is 0.0541. The topological polar surface area (TPSA) is 0 Å². The molecule has 0 N–H and O–H groups in total. The second kappa shape index (κ2) is 71.7. The molecule has 0 aliphatic carbocycles. The average molecular weight is 1980 g/mol. The number of halogens is 39. The molecule has 0 aliphatic heterocycles. The van der Waals surface area contributed by atoms with E-state index in [2.05, 4.69) is 48.5 Å². The Bertz CT molecular complexity index is 2460. The van der Waals surface area contributed by atoms with Gasteiger partial charge in [-0.25, -0.2) is 0 Å². The Balaban J connectivity index is -0.000000105. The van der Waals surface area contributed by atoms with Crippen molar-refractivity contribution in [1.29, 1.82) is 0 Å². The SMILES string of the molecule is CC(C)C(C)(C)C(F)(F)F.CC(C)CC(C(F)(F)F)C(F)(F)F.CCC(C)(C)C.CCC(C)(C)CC(F)(F)F.CCC(C)CC.CCC(C)[C@@H](C)C(F)(F)F.CCC(CC)CC(F)(F)F.CCCCC(C(F)(F)F)C(F)(F)F.CCCCCCC(F)(F)F.CCCC[C@H](C)C(F)(F)F.CCC[C@H](C)CC(F)(F)F.CC[C@H](C)C(C(F)(F)F)C(F)(F)F.[2H]C([2H])([2H])C(C)(C)CCC. The van der Waals surface area contributed by atoms with Crippen LogP contribution in [0.4, 0.5) is 171 Å². The van der Waals surface area contributed by atoms with E-state index >= 15 is 0 Å². The van der Waals surface area contributed by atoms with E-state index in [1.165, 1.54) is 67.7 Å². The monoisotopic (exact) mass is 1980 g/mol. The maximum Gasteiger partial charge on any atom is 0.400 e. The summed E-state index contributed by atoms with van der Waals surface area (Å²) >= 11 is 0. The van der Waals surface area contributed by atoms with Gasteiger partial charge in [-0.2, -0.15) is 171 Å². The van der Waals surface area contributed by atoms with Crippen LogP contribution in [-0.4, -0.2) is 80.3 Å². The van der Waals surface area contributed by atoms with Gasteiger partial charge in [-0.05, 0) is 89.8 Å². The van der Waals surface area contributed by atoms with E-state index < -0.39 is 183 Å². The fraction of sp³-hybridized carbons (Fsp3) is 1.00. The first-order valence-corrected chi connectivity index (χ1v) is 43.7. The summed E-state index contributed by atoms with van der Waals surface area (Å²) in [4.78, 5) is 0. The Morgan fingerprint density at radius 2 is 0.633 bits per heavy atom. The van der Waals surface area contributed by atoms with Gasteiger partial charge in [-0.3, -0.25) is 0 Å². The summed E-state index contributed by atoms with van der Waals surface area (Å²) in [7, 11) is 0. The minimum Gasteiger partial charge on any atom is -0.171 e. The molecule has 0 aromatic heterocycles. The van der Waals surface area contributed by atoms with E-state index in [-0.39, 0.29) is 49.4 Å². The lowest BCUT2D eigenvalue weighted by Gasteiger charge is -2.31. The molecule has 0 rings (SSSR count). The number of rotatable bonds is 28. The van der Waals surface area contributed by atoms with Gasteiger partial charge < -0.3 is 0 Å². The molecule has 0 aliphatic rings. The summed E-state index contributed by atoms with van der Waals surface area (Å²) < 4.78 is 482. The third-order valence-corrected chi connectivity index (χ3v) is 20.1. The minimum atomic E-state index is -5.20. The minimum absolute atomic E-state index is 0.0658. The van der Waals surface area contributed by atoms with Crippen molar-refractivity contribution in [2.24, 2.45) is 92.7 Å². The molecule has 5 atom stereocenters. The van der Waals surface area contributed by atoms with Crippen molar-refractivity contribution < 1.29 is 175 Å². The first kappa shape index (κ1) is 146. The molecule has 39 heteroatoms. The fourth-order valence-corrected chi connectivity index (χ4v) is 8.82. The van der Waals surface area contributed by atoms with Crippen LogP contribution < -0.4 is 0 Å². The van der Waals surface area contributed by atoms with Gasteiger partial charge in [-0.15, -0.1) is 0 Å². The smallest absolute Gasteiger partial charge is 0.171 e. The van der Waals surface area contributed by atoms with Crippen molar-refractivity contribution in [2.75, 3.05) is 0 Å². The molecule has 794 valence electrons. The maximum atomic E-state index is 12.1. The van der Waals surface area contributed by atoms with Gasteiger partial charge in [0.2, 0.25) is 0 Å². The molecule has 0 bridgehead atoms. The first-order chi connectivity index (χ1) is 57.4. The van der Waals surface area contributed by atoms with Crippen LogP contribution in [0.15, 0.2) is 0 Å². The molecule has 0 aromatic rings. The predicted molar refractivity (Wildman–Crippen MR) is 442 cm³/mol. The second-order valence-corrected chi connectivity index (χ2v) is 36.1. The van der Waals surface area contributed by atoms with Crippen molar-refractivity contribution in [3.05, 3.63) is 0 Å². The van der Waals surface area contributed by atoms with E-state index in [1.54, 1.807) is 90.0 Å². The Kier molecular flexibility index (Phi) is 81.6. The van der Waals surface area contributed by atoms with Crippen molar-refractivity contribution in [3.63, 3.8) is 0 Å². The normalized spacial score (nSPS) is 14.6. The number of hydrogen-bond acceptors (Lipinski definition) is 0. The molecular weight excluding hydrogens is 1810 g/mol. The van der Waals surface area contributed by atoms with Crippen LogP contribution in [0, 0.1) is 92.7 Å². The molecular formula is C89H165F39. The van der Waals surface area contributed by atoms with Crippen LogP contribution in [-0.2, 0) is 0 Å². The van der Waals surface area contributed by atoms with Gasteiger partial charge in [0.05, 0.1) is 17.3 Å². The number of alkyl halides is 39. The van der Waals surface area contributed by atoms with Crippen molar-refractivity contribution >= 4 is 0 Å². The molecule has 0 aromatic carbocycles. The first-order valence-electron chi connectivity index (χ1n) is 45.2. The lowest BCUT2D eigenvalue weighted by Crippen LogP contribution is -2.40. The highest BCUT2D eigenvalue weighted by Crippen LogP contribution is 2.48. The standard InChI is InChI=1S/3C7H10F6.7C7H13F3.C7H16.2C6H14/c1-4(2)3-5(6(8,9)10)7(11,12)13;1-3-4(2)5(6(8,9)10)7(11,12)13;1-2-3-4-5(6(8,9)10)7(11,12)13;1-5(2)6(3,4)7(8,9)10;1-4-6(2,3)5-7(8,9)10;1-4-5(2)6(3)7(8,9)10;1-3-4-6(2)5-7(8,9)10;1-3-4-5-6(2)7(8,9)10;1-3-6(4-2)5-7(8,9)10;1-2-3-4-5-6-7(8,9)10;1-5-6-7(2,3)4;1-5-6(2,3)4;1-4-6(3)5-2/h2*4-5H,3H2,1-2H3;5H,2-4H2,1H3;5H,1-4H3;4-5H2,1-3H3;5-6H,4H2,1-3H3;3*6H,3-5H2,1-2H3;2-6H2,1H3;5-6H2,1-4H3;5H2,1-4H3;6H,4-5H2,1-3H3/t;4-;;;;5?,6-;2*6-;;;;;/m.0...100...../s1/i;;;;;;;;;;2D3;;.